The van der Waals surface area contributed by atoms with E-state index in [-0.39, 0.29) is 18.1 Å². The molecule has 0 aliphatic carbocycles. The van der Waals surface area contributed by atoms with Gasteiger partial charge in [0.2, 0.25) is 0 Å². The minimum atomic E-state index is -0.237. The average Bonchev–Trinajstić information content (AvgIpc) is 3.18. The van der Waals surface area contributed by atoms with Crippen molar-refractivity contribution < 1.29 is 14.6 Å². The summed E-state index contributed by atoms with van der Waals surface area (Å²) in [6, 6.07) is 12.9. The summed E-state index contributed by atoms with van der Waals surface area (Å²) in [6.45, 7) is 3.88. The molecular weight excluding hydrogens is 510 g/mol. The number of piperazine rings is 1. The van der Waals surface area contributed by atoms with E-state index >= 15 is 0 Å². The highest BCUT2D eigenvalue weighted by molar-refractivity contribution is 8.26. The quantitative estimate of drug-likeness (QED) is 0.360. The predicted molar refractivity (Wildman–Crippen MR) is 149 cm³/mol. The van der Waals surface area contributed by atoms with E-state index < -0.39 is 0 Å². The normalized spacial score (nSPS) is 17.8. The number of aliphatic hydroxyl groups is 1. The second kappa shape index (κ2) is 11.0. The maximum Gasteiger partial charge on any atom is 0.267 e. The molecule has 2 aromatic heterocycles. The number of aliphatic hydroxyl groups excluding tert-OH is 1. The van der Waals surface area contributed by atoms with Gasteiger partial charge in [-0.25, -0.2) is 4.98 Å². The number of amides is 1. The lowest BCUT2D eigenvalue weighted by Crippen LogP contribution is -2.48. The summed E-state index contributed by atoms with van der Waals surface area (Å²) in [5.74, 6) is 1.06. The second-order valence-corrected chi connectivity index (χ2v) is 10.4. The largest absolute Gasteiger partial charge is 0.497 e. The van der Waals surface area contributed by atoms with Crippen LogP contribution < -0.4 is 15.2 Å². The van der Waals surface area contributed by atoms with E-state index in [1.807, 2.05) is 30.3 Å². The topological polar surface area (TPSA) is 90.6 Å². The number of pyridine rings is 1. The fourth-order valence-electron chi connectivity index (χ4n) is 4.46. The van der Waals surface area contributed by atoms with Gasteiger partial charge in [-0.05, 0) is 35.9 Å². The molecule has 0 saturated carbocycles. The Kier molecular flexibility index (Phi) is 7.56. The predicted octanol–water partition coefficient (Wildman–Crippen LogP) is 2.22. The number of benzene rings is 1. The van der Waals surface area contributed by atoms with Gasteiger partial charge in [0.25, 0.3) is 11.5 Å². The van der Waals surface area contributed by atoms with E-state index in [2.05, 4.69) is 9.80 Å². The molecule has 192 valence electrons. The number of hydrogen-bond acceptors (Lipinski definition) is 9. The fourth-order valence-corrected chi connectivity index (χ4v) is 5.70. The highest BCUT2D eigenvalue weighted by atomic mass is 32.2. The van der Waals surface area contributed by atoms with Gasteiger partial charge in [0.15, 0.2) is 0 Å². The Hall–Kier alpha value is -3.25. The lowest BCUT2D eigenvalue weighted by molar-refractivity contribution is -0.122. The molecule has 11 heteroatoms. The van der Waals surface area contributed by atoms with Gasteiger partial charge >= 0.3 is 0 Å². The number of β-amino-alcohol motifs (C(OH)–C–C–N with tert-alkyl or cyclic N) is 1. The molecule has 0 spiro atoms. The summed E-state index contributed by atoms with van der Waals surface area (Å²) in [5, 5.41) is 9.27. The summed E-state index contributed by atoms with van der Waals surface area (Å²) in [4.78, 5) is 38.0. The van der Waals surface area contributed by atoms with Crippen LogP contribution in [0.25, 0.3) is 11.7 Å². The Labute approximate surface area is 224 Å². The molecular formula is C26H27N5O4S2. The highest BCUT2D eigenvalue weighted by Crippen LogP contribution is 2.34. The molecule has 0 radical (unpaired) electrons. The standard InChI is InChI=1S/C26H27N5O4S2/c1-35-19-7-5-18(6-8-19)17-31-25(34)21(37-26(31)36)16-20-23(29-12-10-28(11-13-29)14-15-32)27-22-4-2-3-9-30(22)24(20)33/h2-9,16,32H,10-15,17H2,1H3/b21-16-. The number of carbonyl (C=O) groups is 1. The molecule has 5 rings (SSSR count). The first-order valence-electron chi connectivity index (χ1n) is 12.0. The Morgan fingerprint density at radius 3 is 2.57 bits per heavy atom. The zero-order valence-electron chi connectivity index (χ0n) is 20.4. The Morgan fingerprint density at radius 2 is 1.86 bits per heavy atom. The lowest BCUT2D eigenvalue weighted by Gasteiger charge is -2.35. The van der Waals surface area contributed by atoms with Crippen molar-refractivity contribution in [2.45, 2.75) is 6.54 Å². The first-order chi connectivity index (χ1) is 18.0. The summed E-state index contributed by atoms with van der Waals surface area (Å²) in [7, 11) is 1.61. The highest BCUT2D eigenvalue weighted by Gasteiger charge is 2.33. The van der Waals surface area contributed by atoms with Crippen molar-refractivity contribution in [1.29, 1.82) is 0 Å². The number of fused-ring (bicyclic) bond motifs is 1. The van der Waals surface area contributed by atoms with E-state index in [0.717, 1.165) is 24.4 Å². The van der Waals surface area contributed by atoms with Crippen LogP contribution in [0.2, 0.25) is 0 Å². The molecule has 0 unspecified atom stereocenters. The maximum atomic E-state index is 13.6. The second-order valence-electron chi connectivity index (χ2n) is 8.75. The molecule has 2 aliphatic rings. The molecule has 0 bridgehead atoms. The van der Waals surface area contributed by atoms with E-state index in [4.69, 9.17) is 21.9 Å². The third-order valence-corrected chi connectivity index (χ3v) is 7.86. The zero-order valence-corrected chi connectivity index (χ0v) is 22.0. The molecule has 3 aromatic rings. The third-order valence-electron chi connectivity index (χ3n) is 6.49. The van der Waals surface area contributed by atoms with Gasteiger partial charge in [-0.1, -0.05) is 42.2 Å². The van der Waals surface area contributed by atoms with Crippen molar-refractivity contribution in [1.82, 2.24) is 19.2 Å². The molecule has 37 heavy (non-hydrogen) atoms. The number of rotatable bonds is 7. The number of carbonyl (C=O) groups excluding carboxylic acids is 1. The van der Waals surface area contributed by atoms with Crippen LogP contribution in [0.5, 0.6) is 5.75 Å². The zero-order chi connectivity index (χ0) is 25.9. The number of methoxy groups -OCH3 is 1. The first kappa shape index (κ1) is 25.4. The van der Waals surface area contributed by atoms with Gasteiger partial charge in [-0.2, -0.15) is 0 Å². The summed E-state index contributed by atoms with van der Waals surface area (Å²) >= 11 is 6.73. The van der Waals surface area contributed by atoms with E-state index in [1.54, 1.807) is 36.4 Å². The van der Waals surface area contributed by atoms with E-state index in [1.165, 1.54) is 16.2 Å². The van der Waals surface area contributed by atoms with Crippen LogP contribution in [0.3, 0.4) is 0 Å². The van der Waals surface area contributed by atoms with Gasteiger partial charge in [0.05, 0.1) is 30.7 Å². The minimum absolute atomic E-state index is 0.110. The van der Waals surface area contributed by atoms with Gasteiger partial charge in [-0.15, -0.1) is 0 Å². The molecule has 2 fully saturated rings. The molecule has 9 nitrogen and oxygen atoms in total. The smallest absolute Gasteiger partial charge is 0.267 e. The van der Waals surface area contributed by atoms with Gasteiger partial charge in [0, 0.05) is 38.9 Å². The number of hydrogen-bond donors (Lipinski definition) is 1. The van der Waals surface area contributed by atoms with Gasteiger partial charge in [-0.3, -0.25) is 23.8 Å². The molecule has 2 saturated heterocycles. The third kappa shape index (κ3) is 5.26. The van der Waals surface area contributed by atoms with Crippen molar-refractivity contribution in [3.8, 4) is 5.75 Å². The van der Waals surface area contributed by atoms with Crippen molar-refractivity contribution in [3.63, 3.8) is 0 Å². The summed E-state index contributed by atoms with van der Waals surface area (Å²) < 4.78 is 7.15. The van der Waals surface area contributed by atoms with Crippen LogP contribution in [-0.2, 0) is 11.3 Å². The average molecular weight is 538 g/mol. The Balaban J connectivity index is 1.48. The number of ether oxygens (including phenoxy) is 1. The number of aromatic nitrogens is 2. The van der Waals surface area contributed by atoms with Crippen molar-refractivity contribution in [3.05, 3.63) is 75.0 Å². The lowest BCUT2D eigenvalue weighted by atomic mass is 10.2. The molecule has 2 aliphatic heterocycles. The number of thiocarbonyl (C=S) groups is 1. The van der Waals surface area contributed by atoms with Gasteiger partial charge < -0.3 is 14.7 Å². The molecule has 4 heterocycles. The number of thioether (sulfide) groups is 1. The Bertz CT molecular complexity index is 1410. The number of anilines is 1. The van der Waals surface area contributed by atoms with Crippen LogP contribution in [0.1, 0.15) is 11.1 Å². The van der Waals surface area contributed by atoms with Crippen molar-refractivity contribution in [2.24, 2.45) is 0 Å². The monoisotopic (exact) mass is 537 g/mol. The van der Waals surface area contributed by atoms with Crippen LogP contribution >= 0.6 is 24.0 Å². The van der Waals surface area contributed by atoms with Crippen LogP contribution in [0.4, 0.5) is 5.82 Å². The summed E-state index contributed by atoms with van der Waals surface area (Å²) in [5.41, 5.74) is 1.60. The molecule has 1 aromatic carbocycles. The maximum absolute atomic E-state index is 13.6. The summed E-state index contributed by atoms with van der Waals surface area (Å²) in [6.07, 6.45) is 3.32. The minimum Gasteiger partial charge on any atom is -0.497 e. The van der Waals surface area contributed by atoms with Crippen LogP contribution in [0.15, 0.2) is 58.4 Å². The van der Waals surface area contributed by atoms with E-state index in [0.29, 0.717) is 52.4 Å². The molecule has 1 amide bonds. The SMILES string of the molecule is COc1ccc(CN2C(=O)/C(=C/c3c(N4CCN(CCO)CC4)nc4ccccn4c3=O)SC2=S)cc1. The van der Waals surface area contributed by atoms with Crippen molar-refractivity contribution >= 4 is 51.7 Å². The fraction of sp³-hybridized carbons (Fsp3) is 0.308. The first-order valence-corrected chi connectivity index (χ1v) is 13.2. The molecule has 1 N–H and O–H groups in total. The molecule has 0 atom stereocenters. The van der Waals surface area contributed by atoms with E-state index in [9.17, 15) is 14.7 Å². The Morgan fingerprint density at radius 1 is 1.11 bits per heavy atom. The van der Waals surface area contributed by atoms with Crippen LogP contribution in [0, 0.1) is 0 Å². The number of nitrogens with zero attached hydrogens (tertiary/aromatic N) is 5. The van der Waals surface area contributed by atoms with Crippen LogP contribution in [-0.4, -0.2) is 81.0 Å². The van der Waals surface area contributed by atoms with Gasteiger partial charge in [0.1, 0.15) is 21.5 Å². The van der Waals surface area contributed by atoms with Crippen molar-refractivity contribution in [2.75, 3.05) is 51.3 Å².